The highest BCUT2D eigenvalue weighted by Crippen LogP contribution is 2.42. The van der Waals surface area contributed by atoms with Gasteiger partial charge in [-0.1, -0.05) is 71.6 Å². The largest absolute Gasteiger partial charge is 0.379 e. The third kappa shape index (κ3) is 6.88. The number of rotatable bonds is 14. The fourth-order valence-electron chi connectivity index (χ4n) is 4.66. The number of unbranched alkanes of at least 4 members (excludes halogenated alkanes) is 9. The zero-order valence-electron chi connectivity index (χ0n) is 19.6. The normalized spacial score (nSPS) is 34.8. The zero-order chi connectivity index (χ0) is 21.4. The van der Waals surface area contributed by atoms with Gasteiger partial charge in [-0.05, 0) is 26.7 Å². The molecule has 0 spiro atoms. The average molecular weight is 429 g/mol. The summed E-state index contributed by atoms with van der Waals surface area (Å²) < 4.78 is 36.2. The standard InChI is InChI=1S/C24H44O6/c1-5-7-8-9-10-11-12-13-14-15-16-25-17-18-20-21(27-19(6-2)26-18)22-23(28-20)30-24(3,4)29-22/h18-23H,5-17H2,1-4H3/t18-,19?,20-,21+,22-,23-/m1/s1. The number of fused-ring (bicyclic) bond motifs is 3. The maximum atomic E-state index is 6.11. The maximum absolute atomic E-state index is 6.11. The molecule has 3 aliphatic rings. The van der Waals surface area contributed by atoms with Gasteiger partial charge in [0.15, 0.2) is 18.4 Å². The van der Waals surface area contributed by atoms with Crippen LogP contribution in [0, 0.1) is 0 Å². The summed E-state index contributed by atoms with van der Waals surface area (Å²) in [5.41, 5.74) is 0. The second-order valence-corrected chi connectivity index (χ2v) is 9.44. The quantitative estimate of drug-likeness (QED) is 0.349. The van der Waals surface area contributed by atoms with E-state index >= 15 is 0 Å². The minimum Gasteiger partial charge on any atom is -0.379 e. The fourth-order valence-corrected chi connectivity index (χ4v) is 4.66. The molecule has 3 aliphatic heterocycles. The van der Waals surface area contributed by atoms with E-state index in [1.54, 1.807) is 0 Å². The molecule has 3 fully saturated rings. The van der Waals surface area contributed by atoms with Crippen LogP contribution in [0.3, 0.4) is 0 Å². The lowest BCUT2D eigenvalue weighted by atomic mass is 10.0. The topological polar surface area (TPSA) is 55.4 Å². The predicted octanol–water partition coefficient (Wildman–Crippen LogP) is 5.32. The van der Waals surface area contributed by atoms with Crippen molar-refractivity contribution in [3.63, 3.8) is 0 Å². The van der Waals surface area contributed by atoms with Crippen LogP contribution in [-0.4, -0.2) is 56.0 Å². The molecule has 6 nitrogen and oxygen atoms in total. The second-order valence-electron chi connectivity index (χ2n) is 9.44. The van der Waals surface area contributed by atoms with Gasteiger partial charge in [-0.15, -0.1) is 0 Å². The van der Waals surface area contributed by atoms with E-state index in [1.807, 2.05) is 13.8 Å². The molecule has 0 radical (unpaired) electrons. The molecule has 1 unspecified atom stereocenters. The van der Waals surface area contributed by atoms with E-state index in [-0.39, 0.29) is 30.7 Å². The summed E-state index contributed by atoms with van der Waals surface area (Å²) in [5, 5.41) is 0. The van der Waals surface area contributed by atoms with Crippen molar-refractivity contribution in [2.75, 3.05) is 13.2 Å². The van der Waals surface area contributed by atoms with Gasteiger partial charge in [-0.25, -0.2) is 0 Å². The van der Waals surface area contributed by atoms with E-state index in [9.17, 15) is 0 Å². The van der Waals surface area contributed by atoms with E-state index in [1.165, 1.54) is 57.8 Å². The maximum Gasteiger partial charge on any atom is 0.190 e. The highest BCUT2D eigenvalue weighted by molar-refractivity contribution is 4.99. The van der Waals surface area contributed by atoms with E-state index in [4.69, 9.17) is 28.4 Å². The van der Waals surface area contributed by atoms with Crippen molar-refractivity contribution in [2.45, 2.75) is 141 Å². The van der Waals surface area contributed by atoms with Gasteiger partial charge in [-0.2, -0.15) is 0 Å². The summed E-state index contributed by atoms with van der Waals surface area (Å²) in [6.45, 7) is 9.46. The molecule has 3 heterocycles. The fraction of sp³-hybridized carbons (Fsp3) is 1.00. The van der Waals surface area contributed by atoms with Gasteiger partial charge in [-0.3, -0.25) is 0 Å². The Kier molecular flexibility index (Phi) is 9.86. The third-order valence-corrected chi connectivity index (χ3v) is 6.29. The van der Waals surface area contributed by atoms with Gasteiger partial charge < -0.3 is 28.4 Å². The molecule has 0 aromatic carbocycles. The highest BCUT2D eigenvalue weighted by Gasteiger charge is 2.59. The molecule has 0 saturated carbocycles. The molecule has 6 heteroatoms. The molecule has 176 valence electrons. The Balaban J connectivity index is 1.29. The monoisotopic (exact) mass is 428 g/mol. The van der Waals surface area contributed by atoms with Crippen molar-refractivity contribution in [3.8, 4) is 0 Å². The first-order valence-electron chi connectivity index (χ1n) is 12.4. The lowest BCUT2D eigenvalue weighted by Gasteiger charge is -2.39. The average Bonchev–Trinajstić information content (AvgIpc) is 3.20. The van der Waals surface area contributed by atoms with Gasteiger partial charge in [0.05, 0.1) is 6.61 Å². The first kappa shape index (κ1) is 24.4. The Morgan fingerprint density at radius 2 is 1.37 bits per heavy atom. The Morgan fingerprint density at radius 3 is 2.03 bits per heavy atom. The molecule has 3 saturated heterocycles. The Hall–Kier alpha value is -0.240. The summed E-state index contributed by atoms with van der Waals surface area (Å²) in [7, 11) is 0. The van der Waals surface area contributed by atoms with Crippen molar-refractivity contribution in [1.29, 1.82) is 0 Å². The highest BCUT2D eigenvalue weighted by atomic mass is 16.9. The van der Waals surface area contributed by atoms with Gasteiger partial charge in [0.25, 0.3) is 0 Å². The van der Waals surface area contributed by atoms with Crippen molar-refractivity contribution >= 4 is 0 Å². The van der Waals surface area contributed by atoms with Crippen molar-refractivity contribution in [3.05, 3.63) is 0 Å². The van der Waals surface area contributed by atoms with Crippen LogP contribution in [0.5, 0.6) is 0 Å². The van der Waals surface area contributed by atoms with Crippen LogP contribution >= 0.6 is 0 Å². The predicted molar refractivity (Wildman–Crippen MR) is 115 cm³/mol. The summed E-state index contributed by atoms with van der Waals surface area (Å²) >= 11 is 0. The van der Waals surface area contributed by atoms with Crippen LogP contribution in [0.25, 0.3) is 0 Å². The first-order valence-corrected chi connectivity index (χ1v) is 12.4. The summed E-state index contributed by atoms with van der Waals surface area (Å²) in [6, 6.07) is 0. The lowest BCUT2D eigenvalue weighted by Crippen LogP contribution is -2.53. The molecule has 0 amide bonds. The Bertz CT molecular complexity index is 484. The minimum absolute atomic E-state index is 0.141. The summed E-state index contributed by atoms with van der Waals surface area (Å²) in [4.78, 5) is 0. The van der Waals surface area contributed by atoms with Crippen molar-refractivity contribution < 1.29 is 28.4 Å². The minimum atomic E-state index is -0.634. The zero-order valence-corrected chi connectivity index (χ0v) is 19.6. The van der Waals surface area contributed by atoms with Gasteiger partial charge in [0.2, 0.25) is 0 Å². The molecular weight excluding hydrogens is 384 g/mol. The summed E-state index contributed by atoms with van der Waals surface area (Å²) in [5.74, 6) is -0.634. The molecule has 0 bridgehead atoms. The van der Waals surface area contributed by atoms with Gasteiger partial charge in [0, 0.05) is 6.61 Å². The summed E-state index contributed by atoms with van der Waals surface area (Å²) in [6.07, 6.45) is 12.7. The van der Waals surface area contributed by atoms with Crippen molar-refractivity contribution in [1.82, 2.24) is 0 Å². The van der Waals surface area contributed by atoms with E-state index in [0.717, 1.165) is 19.4 Å². The molecule has 0 N–H and O–H groups in total. The number of ether oxygens (including phenoxy) is 6. The van der Waals surface area contributed by atoms with Gasteiger partial charge in [0.1, 0.15) is 24.4 Å². The van der Waals surface area contributed by atoms with E-state index in [2.05, 4.69) is 13.8 Å². The number of hydrogen-bond donors (Lipinski definition) is 0. The molecule has 0 aromatic rings. The Labute approximate surface area is 183 Å². The molecule has 3 rings (SSSR count). The molecule has 6 atom stereocenters. The van der Waals surface area contributed by atoms with Gasteiger partial charge >= 0.3 is 0 Å². The van der Waals surface area contributed by atoms with Crippen molar-refractivity contribution in [2.24, 2.45) is 0 Å². The molecular formula is C24H44O6. The SMILES string of the molecule is CCCCCCCCCCCCOC[C@H]1OC(CC)O[C@@H]2[C@H]3OC(C)(C)O[C@H]3O[C@@H]21. The number of hydrogen-bond acceptors (Lipinski definition) is 6. The molecule has 0 aromatic heterocycles. The van der Waals surface area contributed by atoms with Crippen LogP contribution < -0.4 is 0 Å². The molecule has 30 heavy (non-hydrogen) atoms. The van der Waals surface area contributed by atoms with Crippen LogP contribution in [0.2, 0.25) is 0 Å². The van der Waals surface area contributed by atoms with E-state index in [0.29, 0.717) is 6.61 Å². The lowest BCUT2D eigenvalue weighted by molar-refractivity contribution is -0.311. The van der Waals surface area contributed by atoms with Crippen LogP contribution in [0.4, 0.5) is 0 Å². The van der Waals surface area contributed by atoms with Crippen LogP contribution in [0.15, 0.2) is 0 Å². The smallest absolute Gasteiger partial charge is 0.190 e. The third-order valence-electron chi connectivity index (χ3n) is 6.29. The van der Waals surface area contributed by atoms with Crippen LogP contribution in [-0.2, 0) is 28.4 Å². The Morgan fingerprint density at radius 1 is 0.700 bits per heavy atom. The second kappa shape index (κ2) is 12.1. The van der Waals surface area contributed by atoms with Crippen LogP contribution in [0.1, 0.15) is 98.3 Å². The van der Waals surface area contributed by atoms with E-state index < -0.39 is 12.1 Å². The molecule has 0 aliphatic carbocycles. The first-order chi connectivity index (χ1) is 14.5.